The van der Waals surface area contributed by atoms with Crippen molar-refractivity contribution in [3.8, 4) is 0 Å². The molecule has 1 N–H and O–H groups in total. The first-order valence-electron chi connectivity index (χ1n) is 8.51. The highest BCUT2D eigenvalue weighted by atomic mass is 127. The molecule has 0 spiro atoms. The standard InChI is InChI=1S/C16H26N6O2.HI/c1-17-16(18-10-13-11-19-20(2)12-13)22-7-5-21(6-8-22)15(23)14-4-3-9-24-14;/h11-12,14H,3-10H2,1-2H3,(H,17,18);1H. The lowest BCUT2D eigenvalue weighted by molar-refractivity contribution is -0.142. The number of halogens is 1. The number of nitrogens with zero attached hydrogens (tertiary/aromatic N) is 5. The zero-order valence-electron chi connectivity index (χ0n) is 14.8. The van der Waals surface area contributed by atoms with Crippen molar-refractivity contribution in [1.82, 2.24) is 24.9 Å². The largest absolute Gasteiger partial charge is 0.368 e. The Morgan fingerprint density at radius 2 is 2.08 bits per heavy atom. The summed E-state index contributed by atoms with van der Waals surface area (Å²) in [5.41, 5.74) is 1.12. The van der Waals surface area contributed by atoms with E-state index in [9.17, 15) is 4.79 Å². The summed E-state index contributed by atoms with van der Waals surface area (Å²) in [6.07, 6.45) is 5.45. The fourth-order valence-electron chi connectivity index (χ4n) is 3.19. The normalized spacial score (nSPS) is 21.2. The number of carbonyl (C=O) groups excluding carboxylic acids is 1. The van der Waals surface area contributed by atoms with E-state index in [0.29, 0.717) is 26.2 Å². The highest BCUT2D eigenvalue weighted by Crippen LogP contribution is 2.16. The van der Waals surface area contributed by atoms with Crippen molar-refractivity contribution in [3.05, 3.63) is 18.0 Å². The molecule has 1 atom stereocenters. The molecular weight excluding hydrogens is 435 g/mol. The monoisotopic (exact) mass is 462 g/mol. The molecule has 0 radical (unpaired) electrons. The highest BCUT2D eigenvalue weighted by Gasteiger charge is 2.30. The summed E-state index contributed by atoms with van der Waals surface area (Å²) in [7, 11) is 3.69. The van der Waals surface area contributed by atoms with Crippen molar-refractivity contribution in [2.24, 2.45) is 12.0 Å². The molecule has 2 aliphatic heterocycles. The summed E-state index contributed by atoms with van der Waals surface area (Å²) < 4.78 is 7.29. The van der Waals surface area contributed by atoms with Crippen LogP contribution in [-0.2, 0) is 23.1 Å². The van der Waals surface area contributed by atoms with Crippen LogP contribution in [0.1, 0.15) is 18.4 Å². The summed E-state index contributed by atoms with van der Waals surface area (Å²) in [6, 6.07) is 0. The Morgan fingerprint density at radius 1 is 1.36 bits per heavy atom. The van der Waals surface area contributed by atoms with Gasteiger partial charge in [-0.1, -0.05) is 0 Å². The molecule has 140 valence electrons. The second-order valence-electron chi connectivity index (χ2n) is 6.24. The Labute approximate surface area is 165 Å². The molecule has 3 rings (SSSR count). The van der Waals surface area contributed by atoms with Gasteiger partial charge in [0, 0.05) is 65.2 Å². The molecule has 0 aliphatic carbocycles. The van der Waals surface area contributed by atoms with Gasteiger partial charge in [-0.3, -0.25) is 14.5 Å². The molecule has 1 aromatic rings. The van der Waals surface area contributed by atoms with Gasteiger partial charge in [-0.25, -0.2) is 0 Å². The van der Waals surface area contributed by atoms with E-state index in [2.05, 4.69) is 20.3 Å². The van der Waals surface area contributed by atoms with Crippen LogP contribution in [0.5, 0.6) is 0 Å². The summed E-state index contributed by atoms with van der Waals surface area (Å²) in [6.45, 7) is 4.39. The second kappa shape index (κ2) is 9.37. The van der Waals surface area contributed by atoms with E-state index >= 15 is 0 Å². The molecule has 2 saturated heterocycles. The first-order valence-corrected chi connectivity index (χ1v) is 8.51. The molecule has 2 aliphatic rings. The number of hydrogen-bond acceptors (Lipinski definition) is 4. The average Bonchev–Trinajstić information content (AvgIpc) is 3.27. The highest BCUT2D eigenvalue weighted by molar-refractivity contribution is 14.0. The molecule has 1 unspecified atom stereocenters. The number of aryl methyl sites for hydroxylation is 1. The molecule has 9 heteroatoms. The van der Waals surface area contributed by atoms with E-state index in [0.717, 1.165) is 37.5 Å². The van der Waals surface area contributed by atoms with Crippen molar-refractivity contribution in [2.45, 2.75) is 25.5 Å². The predicted molar refractivity (Wildman–Crippen MR) is 106 cm³/mol. The van der Waals surface area contributed by atoms with Gasteiger partial charge in [-0.05, 0) is 12.8 Å². The van der Waals surface area contributed by atoms with E-state index < -0.39 is 0 Å². The lowest BCUT2D eigenvalue weighted by Gasteiger charge is -2.37. The van der Waals surface area contributed by atoms with Crippen LogP contribution in [0.4, 0.5) is 0 Å². The maximum Gasteiger partial charge on any atom is 0.251 e. The van der Waals surface area contributed by atoms with E-state index in [-0.39, 0.29) is 36.0 Å². The Balaban J connectivity index is 0.00000225. The second-order valence-corrected chi connectivity index (χ2v) is 6.24. The topological polar surface area (TPSA) is 75.0 Å². The summed E-state index contributed by atoms with van der Waals surface area (Å²) >= 11 is 0. The van der Waals surface area contributed by atoms with Crippen molar-refractivity contribution >= 4 is 35.8 Å². The zero-order valence-corrected chi connectivity index (χ0v) is 17.2. The Bertz CT molecular complexity index is 591. The summed E-state index contributed by atoms with van der Waals surface area (Å²) in [5.74, 6) is 1.01. The number of ether oxygens (including phenoxy) is 1. The summed E-state index contributed by atoms with van der Waals surface area (Å²) in [5, 5.41) is 7.53. The minimum atomic E-state index is -0.223. The maximum absolute atomic E-state index is 12.4. The number of piperazine rings is 1. The third-order valence-corrected chi connectivity index (χ3v) is 4.52. The number of nitrogens with one attached hydrogen (secondary N) is 1. The van der Waals surface area contributed by atoms with Gasteiger partial charge in [0.15, 0.2) is 5.96 Å². The molecule has 1 aromatic heterocycles. The Hall–Kier alpha value is -1.36. The number of amides is 1. The van der Waals surface area contributed by atoms with Gasteiger partial charge in [0.2, 0.25) is 0 Å². The number of hydrogen-bond donors (Lipinski definition) is 1. The van der Waals surface area contributed by atoms with Crippen molar-refractivity contribution in [1.29, 1.82) is 0 Å². The molecular formula is C16H27IN6O2. The van der Waals surface area contributed by atoms with Gasteiger partial charge in [0.05, 0.1) is 6.20 Å². The van der Waals surface area contributed by atoms with Crippen LogP contribution in [0.15, 0.2) is 17.4 Å². The van der Waals surface area contributed by atoms with E-state index in [1.807, 2.05) is 24.3 Å². The molecule has 0 bridgehead atoms. The van der Waals surface area contributed by atoms with E-state index in [4.69, 9.17) is 4.74 Å². The van der Waals surface area contributed by atoms with Gasteiger partial charge in [-0.2, -0.15) is 5.10 Å². The van der Waals surface area contributed by atoms with E-state index in [1.54, 1.807) is 11.7 Å². The zero-order chi connectivity index (χ0) is 16.9. The number of rotatable bonds is 3. The Kier molecular flexibility index (Phi) is 7.48. The lowest BCUT2D eigenvalue weighted by atomic mass is 10.2. The van der Waals surface area contributed by atoms with Crippen LogP contribution in [0.3, 0.4) is 0 Å². The van der Waals surface area contributed by atoms with Crippen molar-refractivity contribution < 1.29 is 9.53 Å². The quantitative estimate of drug-likeness (QED) is 0.401. The number of guanidine groups is 1. The van der Waals surface area contributed by atoms with Crippen molar-refractivity contribution in [3.63, 3.8) is 0 Å². The molecule has 0 aromatic carbocycles. The maximum atomic E-state index is 12.4. The first-order chi connectivity index (χ1) is 11.7. The number of carbonyl (C=O) groups is 1. The minimum absolute atomic E-state index is 0. The first kappa shape index (κ1) is 20.0. The summed E-state index contributed by atoms with van der Waals surface area (Å²) in [4.78, 5) is 20.9. The van der Waals surface area contributed by atoms with Gasteiger partial charge in [0.1, 0.15) is 6.10 Å². The van der Waals surface area contributed by atoms with Crippen LogP contribution in [0, 0.1) is 0 Å². The van der Waals surface area contributed by atoms with Crippen LogP contribution < -0.4 is 5.32 Å². The van der Waals surface area contributed by atoms with E-state index in [1.165, 1.54) is 0 Å². The van der Waals surface area contributed by atoms with Crippen molar-refractivity contribution in [2.75, 3.05) is 39.8 Å². The van der Waals surface area contributed by atoms with Gasteiger partial charge in [0.25, 0.3) is 5.91 Å². The molecule has 25 heavy (non-hydrogen) atoms. The molecule has 1 amide bonds. The fraction of sp³-hybridized carbons (Fsp3) is 0.688. The number of aromatic nitrogens is 2. The lowest BCUT2D eigenvalue weighted by Crippen LogP contribution is -2.55. The van der Waals surface area contributed by atoms with Crippen LogP contribution in [0.25, 0.3) is 0 Å². The molecule has 8 nitrogen and oxygen atoms in total. The predicted octanol–water partition coefficient (Wildman–Crippen LogP) is 0.437. The van der Waals surface area contributed by atoms with Crippen LogP contribution >= 0.6 is 24.0 Å². The SMILES string of the molecule is CN=C(NCc1cnn(C)c1)N1CCN(C(=O)C2CCCO2)CC1.I. The molecule has 0 saturated carbocycles. The van der Waals surface area contributed by atoms with Crippen LogP contribution in [-0.4, -0.2) is 77.4 Å². The third kappa shape index (κ3) is 5.06. The average molecular weight is 462 g/mol. The molecule has 3 heterocycles. The van der Waals surface area contributed by atoms with Gasteiger partial charge >= 0.3 is 0 Å². The minimum Gasteiger partial charge on any atom is -0.368 e. The van der Waals surface area contributed by atoms with Gasteiger partial charge in [-0.15, -0.1) is 24.0 Å². The van der Waals surface area contributed by atoms with Gasteiger partial charge < -0.3 is 19.9 Å². The third-order valence-electron chi connectivity index (χ3n) is 4.52. The van der Waals surface area contributed by atoms with Crippen LogP contribution in [0.2, 0.25) is 0 Å². The Morgan fingerprint density at radius 3 is 2.64 bits per heavy atom. The fourth-order valence-corrected chi connectivity index (χ4v) is 3.19. The smallest absolute Gasteiger partial charge is 0.251 e. The molecule has 2 fully saturated rings. The number of aliphatic imine (C=N–C) groups is 1.